The predicted molar refractivity (Wildman–Crippen MR) is 85.1 cm³/mol. The average Bonchev–Trinajstić information content (AvgIpc) is 2.40. The molecule has 0 aliphatic carbocycles. The van der Waals surface area contributed by atoms with Gasteiger partial charge in [-0.1, -0.05) is 15.9 Å². The summed E-state index contributed by atoms with van der Waals surface area (Å²) in [4.78, 5) is 0.106. The second kappa shape index (κ2) is 8.70. The summed E-state index contributed by atoms with van der Waals surface area (Å²) in [5, 5.41) is 12.0. The Morgan fingerprint density at radius 3 is 2.71 bits per heavy atom. The third-order valence-electron chi connectivity index (χ3n) is 2.53. The highest BCUT2D eigenvalue weighted by molar-refractivity contribution is 9.10. The molecule has 0 aliphatic rings. The molecular weight excluding hydrogens is 360 g/mol. The van der Waals surface area contributed by atoms with Gasteiger partial charge in [0.15, 0.2) is 0 Å². The average molecular weight is 381 g/mol. The molecule has 21 heavy (non-hydrogen) atoms. The van der Waals surface area contributed by atoms with Gasteiger partial charge in [0, 0.05) is 24.1 Å². The lowest BCUT2D eigenvalue weighted by atomic mass is 10.3. The number of halogens is 1. The summed E-state index contributed by atoms with van der Waals surface area (Å²) in [6, 6.07) is 4.86. The third kappa shape index (κ3) is 6.31. The molecule has 0 saturated carbocycles. The molecular formula is C13H21BrN2O4S. The largest absolute Gasteiger partial charge is 0.492 e. The summed E-state index contributed by atoms with van der Waals surface area (Å²) >= 11 is 3.26. The summed E-state index contributed by atoms with van der Waals surface area (Å²) in [5.74, 6) is 0.324. The highest BCUT2D eigenvalue weighted by atomic mass is 79.9. The maximum absolute atomic E-state index is 12.3. The fourth-order valence-electron chi connectivity index (χ4n) is 1.63. The zero-order valence-electron chi connectivity index (χ0n) is 12.1. The summed E-state index contributed by atoms with van der Waals surface area (Å²) in [5.41, 5.74) is 0. The zero-order chi connectivity index (χ0) is 15.9. The van der Waals surface area contributed by atoms with Crippen LogP contribution in [-0.4, -0.2) is 45.9 Å². The first-order chi connectivity index (χ1) is 9.86. The number of aliphatic hydroxyl groups is 1. The van der Waals surface area contributed by atoms with Crippen molar-refractivity contribution in [3.8, 4) is 5.75 Å². The number of hydrogen-bond acceptors (Lipinski definition) is 5. The number of sulfonamides is 1. The van der Waals surface area contributed by atoms with E-state index in [-0.39, 0.29) is 11.4 Å². The summed E-state index contributed by atoms with van der Waals surface area (Å²) in [6.07, 6.45) is -0.462. The van der Waals surface area contributed by atoms with E-state index < -0.39 is 16.1 Å². The van der Waals surface area contributed by atoms with Crippen molar-refractivity contribution in [3.05, 3.63) is 22.7 Å². The Hall–Kier alpha value is -0.670. The number of aliphatic hydroxyl groups excluding tert-OH is 1. The summed E-state index contributed by atoms with van der Waals surface area (Å²) < 4.78 is 33.1. The smallest absolute Gasteiger partial charge is 0.244 e. The van der Waals surface area contributed by atoms with Gasteiger partial charge in [0.05, 0.1) is 12.7 Å². The number of benzene rings is 1. The Labute approximate surface area is 134 Å². The Kier molecular flexibility index (Phi) is 7.61. The van der Waals surface area contributed by atoms with E-state index in [1.807, 2.05) is 0 Å². The van der Waals surface area contributed by atoms with Crippen LogP contribution in [0.25, 0.3) is 0 Å². The molecule has 1 atom stereocenters. The lowest BCUT2D eigenvalue weighted by Crippen LogP contribution is -2.34. The van der Waals surface area contributed by atoms with Crippen LogP contribution in [0.1, 0.15) is 13.8 Å². The van der Waals surface area contributed by atoms with Gasteiger partial charge in [-0.15, -0.1) is 0 Å². The SMILES string of the molecule is CCOc1ccc(Br)cc1S(=O)(=O)NCCNCC(C)O. The van der Waals surface area contributed by atoms with E-state index in [9.17, 15) is 8.42 Å². The summed E-state index contributed by atoms with van der Waals surface area (Å²) in [6.45, 7) is 4.93. The van der Waals surface area contributed by atoms with Gasteiger partial charge >= 0.3 is 0 Å². The van der Waals surface area contributed by atoms with Crippen molar-refractivity contribution in [2.75, 3.05) is 26.2 Å². The van der Waals surface area contributed by atoms with Gasteiger partial charge in [-0.2, -0.15) is 0 Å². The van der Waals surface area contributed by atoms with Crippen LogP contribution in [-0.2, 0) is 10.0 Å². The minimum absolute atomic E-state index is 0.106. The van der Waals surface area contributed by atoms with Gasteiger partial charge in [-0.3, -0.25) is 0 Å². The Balaban J connectivity index is 2.71. The van der Waals surface area contributed by atoms with Gasteiger partial charge in [0.25, 0.3) is 0 Å². The number of ether oxygens (including phenoxy) is 1. The molecule has 0 amide bonds. The van der Waals surface area contributed by atoms with E-state index in [0.29, 0.717) is 29.9 Å². The predicted octanol–water partition coefficient (Wildman–Crippen LogP) is 1.10. The highest BCUT2D eigenvalue weighted by Gasteiger charge is 2.19. The molecule has 0 radical (unpaired) electrons. The minimum atomic E-state index is -3.64. The first kappa shape index (κ1) is 18.4. The normalized spacial score (nSPS) is 13.1. The molecule has 0 bridgehead atoms. The Morgan fingerprint density at radius 2 is 2.10 bits per heavy atom. The molecule has 0 aliphatic heterocycles. The second-order valence-electron chi connectivity index (χ2n) is 4.47. The summed E-state index contributed by atoms with van der Waals surface area (Å²) in [7, 11) is -3.64. The van der Waals surface area contributed by atoms with Crippen LogP contribution in [0.5, 0.6) is 5.75 Å². The zero-order valence-corrected chi connectivity index (χ0v) is 14.5. The van der Waals surface area contributed by atoms with Gasteiger partial charge in [-0.25, -0.2) is 13.1 Å². The number of nitrogens with one attached hydrogen (secondary N) is 2. The van der Waals surface area contributed by atoms with Gasteiger partial charge in [-0.05, 0) is 32.0 Å². The molecule has 3 N–H and O–H groups in total. The van der Waals surface area contributed by atoms with Crippen LogP contribution in [0.15, 0.2) is 27.6 Å². The third-order valence-corrected chi connectivity index (χ3v) is 4.50. The van der Waals surface area contributed by atoms with E-state index in [1.165, 1.54) is 6.07 Å². The molecule has 6 nitrogen and oxygen atoms in total. The second-order valence-corrected chi connectivity index (χ2v) is 7.13. The first-order valence-corrected chi connectivity index (χ1v) is 8.95. The Morgan fingerprint density at radius 1 is 1.38 bits per heavy atom. The fraction of sp³-hybridized carbons (Fsp3) is 0.538. The first-order valence-electron chi connectivity index (χ1n) is 6.67. The topological polar surface area (TPSA) is 87.7 Å². The van der Waals surface area contributed by atoms with Crippen molar-refractivity contribution < 1.29 is 18.3 Å². The molecule has 1 aromatic carbocycles. The molecule has 1 aromatic rings. The van der Waals surface area contributed by atoms with Crippen molar-refractivity contribution >= 4 is 26.0 Å². The molecule has 0 saturated heterocycles. The quantitative estimate of drug-likeness (QED) is 0.558. The van der Waals surface area contributed by atoms with Gasteiger partial charge < -0.3 is 15.2 Å². The van der Waals surface area contributed by atoms with Crippen molar-refractivity contribution in [3.63, 3.8) is 0 Å². The molecule has 0 fully saturated rings. The van der Waals surface area contributed by atoms with Crippen LogP contribution < -0.4 is 14.8 Å². The van der Waals surface area contributed by atoms with E-state index in [2.05, 4.69) is 26.0 Å². The van der Waals surface area contributed by atoms with Crippen molar-refractivity contribution in [2.45, 2.75) is 24.8 Å². The van der Waals surface area contributed by atoms with Crippen LogP contribution in [0, 0.1) is 0 Å². The lowest BCUT2D eigenvalue weighted by molar-refractivity contribution is 0.192. The van der Waals surface area contributed by atoms with E-state index in [0.717, 1.165) is 0 Å². The molecule has 0 aromatic heterocycles. The molecule has 8 heteroatoms. The number of rotatable bonds is 9. The van der Waals surface area contributed by atoms with Crippen LogP contribution in [0.3, 0.4) is 0 Å². The van der Waals surface area contributed by atoms with E-state index >= 15 is 0 Å². The fourth-order valence-corrected chi connectivity index (χ4v) is 3.34. The van der Waals surface area contributed by atoms with Crippen molar-refractivity contribution in [1.82, 2.24) is 10.0 Å². The van der Waals surface area contributed by atoms with Gasteiger partial charge in [0.1, 0.15) is 10.6 Å². The van der Waals surface area contributed by atoms with Crippen LogP contribution in [0.4, 0.5) is 0 Å². The van der Waals surface area contributed by atoms with Crippen molar-refractivity contribution in [2.24, 2.45) is 0 Å². The maximum atomic E-state index is 12.3. The standard InChI is InChI=1S/C13H21BrN2O4S/c1-3-20-12-5-4-11(14)8-13(12)21(18,19)16-7-6-15-9-10(2)17/h4-5,8,10,15-17H,3,6-7,9H2,1-2H3. The minimum Gasteiger partial charge on any atom is -0.492 e. The van der Waals surface area contributed by atoms with Gasteiger partial charge in [0.2, 0.25) is 10.0 Å². The van der Waals surface area contributed by atoms with Crippen LogP contribution in [0.2, 0.25) is 0 Å². The molecule has 0 heterocycles. The lowest BCUT2D eigenvalue weighted by Gasteiger charge is -2.13. The Bertz CT molecular complexity index is 549. The number of hydrogen-bond donors (Lipinski definition) is 3. The maximum Gasteiger partial charge on any atom is 0.244 e. The highest BCUT2D eigenvalue weighted by Crippen LogP contribution is 2.27. The van der Waals surface area contributed by atoms with E-state index in [4.69, 9.17) is 9.84 Å². The molecule has 120 valence electrons. The van der Waals surface area contributed by atoms with Crippen molar-refractivity contribution in [1.29, 1.82) is 0 Å². The molecule has 1 rings (SSSR count). The monoisotopic (exact) mass is 380 g/mol. The van der Waals surface area contributed by atoms with E-state index in [1.54, 1.807) is 26.0 Å². The molecule has 1 unspecified atom stereocenters. The van der Waals surface area contributed by atoms with Crippen LogP contribution >= 0.6 is 15.9 Å². The molecule has 0 spiro atoms.